The van der Waals surface area contributed by atoms with Gasteiger partial charge in [-0.25, -0.2) is 0 Å². The number of hydrogen-bond donors (Lipinski definition) is 2. The van der Waals surface area contributed by atoms with Crippen molar-refractivity contribution in [2.24, 2.45) is 0 Å². The summed E-state index contributed by atoms with van der Waals surface area (Å²) in [4.78, 5) is 14.6. The van der Waals surface area contributed by atoms with Crippen molar-refractivity contribution in [2.75, 3.05) is 19.8 Å². The molecule has 2 atom stereocenters. The van der Waals surface area contributed by atoms with E-state index in [9.17, 15) is 13.2 Å². The molecular weight excluding hydrogens is 423 g/mol. The largest absolute Gasteiger partial charge is 0.337 e. The fourth-order valence-corrected chi connectivity index (χ4v) is 3.47. The van der Waals surface area contributed by atoms with Crippen molar-refractivity contribution in [3.63, 3.8) is 0 Å². The number of carbonyl (C=O) groups excluding carboxylic acids is 1. The molecule has 0 heterocycles. The molecule has 6 nitrogen and oxygen atoms in total. The number of carbonyl (C=O) groups is 1. The molecule has 1 aromatic carbocycles. The Bertz CT molecular complexity index is 763. The Kier molecular flexibility index (Phi) is 10.5. The van der Waals surface area contributed by atoms with Crippen molar-refractivity contribution in [1.29, 1.82) is 0 Å². The normalized spacial score (nSPS) is 19.3. The van der Waals surface area contributed by atoms with Gasteiger partial charge in [0.1, 0.15) is 0 Å². The minimum atomic E-state index is -3.67. The minimum absolute atomic E-state index is 0.00835. The van der Waals surface area contributed by atoms with Gasteiger partial charge in [0.2, 0.25) is 0 Å². The van der Waals surface area contributed by atoms with Gasteiger partial charge in [-0.1, -0.05) is 42.1 Å². The standard InChI is InChI=1S/C18H24Cl2N2O.CH4O3S/c1-3-4-11-21-16-7-5-6-8-17(16)22(2)18(23)13-9-10-14(19)15(20)12-13;1-5(2,3)4/h3,9-10,12,16-17,21H,1,4-8,11H2,2H3;1H3,(H,2,3,4). The highest BCUT2D eigenvalue weighted by atomic mass is 35.5. The Morgan fingerprint density at radius 1 is 1.32 bits per heavy atom. The third kappa shape index (κ3) is 8.92. The van der Waals surface area contributed by atoms with E-state index in [1.807, 2.05) is 18.0 Å². The van der Waals surface area contributed by atoms with Crippen molar-refractivity contribution in [2.45, 2.75) is 44.2 Å². The van der Waals surface area contributed by atoms with Crippen LogP contribution in [0, 0.1) is 0 Å². The topological polar surface area (TPSA) is 86.7 Å². The average Bonchev–Trinajstić information content (AvgIpc) is 2.62. The van der Waals surface area contributed by atoms with Gasteiger partial charge in [-0.05, 0) is 44.0 Å². The van der Waals surface area contributed by atoms with Crippen LogP contribution in [0.25, 0.3) is 0 Å². The third-order valence-corrected chi connectivity index (χ3v) is 5.21. The fraction of sp³-hybridized carbons (Fsp3) is 0.526. The maximum Gasteiger partial charge on any atom is 0.261 e. The van der Waals surface area contributed by atoms with E-state index in [1.165, 1.54) is 6.42 Å². The molecular formula is C19H28Cl2N2O4S. The molecule has 1 aliphatic rings. The summed E-state index contributed by atoms with van der Waals surface area (Å²) in [6, 6.07) is 5.59. The van der Waals surface area contributed by atoms with E-state index in [0.717, 1.165) is 32.2 Å². The number of amides is 1. The molecule has 1 aromatic rings. The average molecular weight is 451 g/mol. The van der Waals surface area contributed by atoms with E-state index < -0.39 is 10.1 Å². The van der Waals surface area contributed by atoms with Gasteiger partial charge >= 0.3 is 0 Å². The molecule has 1 saturated carbocycles. The highest BCUT2D eigenvalue weighted by Gasteiger charge is 2.30. The lowest BCUT2D eigenvalue weighted by Crippen LogP contribution is -2.52. The Hall–Kier alpha value is -1.12. The summed E-state index contributed by atoms with van der Waals surface area (Å²) >= 11 is 12.0. The van der Waals surface area contributed by atoms with Gasteiger partial charge in [-0.2, -0.15) is 8.42 Å². The van der Waals surface area contributed by atoms with E-state index in [2.05, 4.69) is 11.9 Å². The molecule has 1 aliphatic carbocycles. The molecule has 0 aromatic heterocycles. The molecule has 2 rings (SSSR count). The number of halogens is 2. The summed E-state index contributed by atoms with van der Waals surface area (Å²) in [6.07, 6.45) is 8.05. The predicted octanol–water partition coefficient (Wildman–Crippen LogP) is 4.05. The Labute approximate surface area is 177 Å². The van der Waals surface area contributed by atoms with Crippen molar-refractivity contribution < 1.29 is 17.8 Å². The van der Waals surface area contributed by atoms with E-state index in [-0.39, 0.29) is 11.9 Å². The molecule has 0 radical (unpaired) electrons. The summed E-state index contributed by atoms with van der Waals surface area (Å²) in [6.45, 7) is 4.66. The van der Waals surface area contributed by atoms with Crippen LogP contribution in [0.4, 0.5) is 0 Å². The van der Waals surface area contributed by atoms with Crippen LogP contribution >= 0.6 is 23.2 Å². The lowest BCUT2D eigenvalue weighted by atomic mass is 9.89. The molecule has 0 bridgehead atoms. The Morgan fingerprint density at radius 2 is 1.93 bits per heavy atom. The summed E-state index contributed by atoms with van der Waals surface area (Å²) in [5.41, 5.74) is 0.581. The zero-order chi connectivity index (χ0) is 21.3. The first kappa shape index (κ1) is 24.9. The third-order valence-electron chi connectivity index (χ3n) is 4.47. The van der Waals surface area contributed by atoms with Crippen LogP contribution < -0.4 is 5.32 Å². The second-order valence-electron chi connectivity index (χ2n) is 6.77. The van der Waals surface area contributed by atoms with Crippen LogP contribution in [0.15, 0.2) is 30.9 Å². The summed E-state index contributed by atoms with van der Waals surface area (Å²) in [7, 11) is -1.79. The SMILES string of the molecule is C=CCCNC1CCCCC1N(C)C(=O)c1ccc(Cl)c(Cl)c1.CS(=O)(=O)O. The van der Waals surface area contributed by atoms with Gasteiger partial charge < -0.3 is 10.2 Å². The monoisotopic (exact) mass is 450 g/mol. The van der Waals surface area contributed by atoms with Crippen LogP contribution in [0.1, 0.15) is 42.5 Å². The van der Waals surface area contributed by atoms with E-state index >= 15 is 0 Å². The molecule has 2 N–H and O–H groups in total. The lowest BCUT2D eigenvalue weighted by molar-refractivity contribution is 0.0650. The summed E-state index contributed by atoms with van der Waals surface area (Å²) in [5.74, 6) is -0.00835. The molecule has 0 aliphatic heterocycles. The molecule has 0 saturated heterocycles. The van der Waals surface area contributed by atoms with Gasteiger partial charge in [-0.3, -0.25) is 9.35 Å². The molecule has 1 fully saturated rings. The van der Waals surface area contributed by atoms with Crippen LogP contribution in [0.3, 0.4) is 0 Å². The maximum atomic E-state index is 12.8. The van der Waals surface area contributed by atoms with Crippen LogP contribution in [0.2, 0.25) is 10.0 Å². The maximum absolute atomic E-state index is 12.8. The molecule has 2 unspecified atom stereocenters. The minimum Gasteiger partial charge on any atom is -0.337 e. The summed E-state index contributed by atoms with van der Waals surface area (Å²) in [5, 5.41) is 4.45. The van der Waals surface area contributed by atoms with Crippen molar-refractivity contribution >= 4 is 39.2 Å². The number of nitrogens with one attached hydrogen (secondary N) is 1. The first-order chi connectivity index (χ1) is 13.0. The van der Waals surface area contributed by atoms with Gasteiger partial charge in [-0.15, -0.1) is 6.58 Å². The molecule has 0 spiro atoms. The van der Waals surface area contributed by atoms with E-state index in [1.54, 1.807) is 18.2 Å². The number of hydrogen-bond acceptors (Lipinski definition) is 4. The second-order valence-corrected chi connectivity index (χ2v) is 9.05. The number of likely N-dealkylation sites (N-methyl/N-ethyl adjacent to an activating group) is 1. The van der Waals surface area contributed by atoms with Gasteiger partial charge in [0.15, 0.2) is 0 Å². The van der Waals surface area contributed by atoms with Crippen LogP contribution in [-0.2, 0) is 10.1 Å². The zero-order valence-electron chi connectivity index (χ0n) is 16.2. The van der Waals surface area contributed by atoms with Crippen molar-refractivity contribution in [3.05, 3.63) is 46.5 Å². The predicted molar refractivity (Wildman–Crippen MR) is 115 cm³/mol. The first-order valence-corrected chi connectivity index (χ1v) is 11.6. The van der Waals surface area contributed by atoms with Crippen molar-refractivity contribution in [1.82, 2.24) is 10.2 Å². The number of rotatable bonds is 6. The number of benzene rings is 1. The van der Waals surface area contributed by atoms with Crippen LogP contribution in [0.5, 0.6) is 0 Å². The zero-order valence-corrected chi connectivity index (χ0v) is 18.5. The highest BCUT2D eigenvalue weighted by Crippen LogP contribution is 2.26. The van der Waals surface area contributed by atoms with Crippen LogP contribution in [-0.4, -0.2) is 55.7 Å². The van der Waals surface area contributed by atoms with E-state index in [4.69, 9.17) is 27.8 Å². The fourth-order valence-electron chi connectivity index (χ4n) is 3.17. The quantitative estimate of drug-likeness (QED) is 0.387. The highest BCUT2D eigenvalue weighted by molar-refractivity contribution is 7.85. The molecule has 158 valence electrons. The number of nitrogens with zero attached hydrogens (tertiary/aromatic N) is 1. The molecule has 28 heavy (non-hydrogen) atoms. The Morgan fingerprint density at radius 3 is 2.50 bits per heavy atom. The van der Waals surface area contributed by atoms with Crippen molar-refractivity contribution in [3.8, 4) is 0 Å². The van der Waals surface area contributed by atoms with Gasteiger partial charge in [0.25, 0.3) is 16.0 Å². The summed E-state index contributed by atoms with van der Waals surface area (Å²) < 4.78 is 25.9. The molecule has 9 heteroatoms. The first-order valence-electron chi connectivity index (χ1n) is 9.03. The second kappa shape index (κ2) is 11.8. The smallest absolute Gasteiger partial charge is 0.261 e. The molecule has 1 amide bonds. The Balaban J connectivity index is 0.000000696. The van der Waals surface area contributed by atoms with E-state index in [0.29, 0.717) is 27.9 Å². The van der Waals surface area contributed by atoms with Gasteiger partial charge in [0.05, 0.1) is 16.3 Å². The van der Waals surface area contributed by atoms with Gasteiger partial charge in [0, 0.05) is 24.7 Å². The lowest BCUT2D eigenvalue weighted by Gasteiger charge is -2.38.